The van der Waals surface area contributed by atoms with Gasteiger partial charge in [-0.05, 0) is 50.3 Å². The lowest BCUT2D eigenvalue weighted by Crippen LogP contribution is -2.26. The van der Waals surface area contributed by atoms with Gasteiger partial charge in [0.1, 0.15) is 0 Å². The number of amides is 1. The molecule has 0 bridgehead atoms. The van der Waals surface area contributed by atoms with Crippen LogP contribution < -0.4 is 5.43 Å². The summed E-state index contributed by atoms with van der Waals surface area (Å²) in [5, 5.41) is 4.15. The molecule has 0 radical (unpaired) electrons. The average molecular weight is 311 g/mol. The molecule has 0 fully saturated rings. The second-order valence-corrected chi connectivity index (χ2v) is 6.74. The maximum atomic E-state index is 11.9. The van der Waals surface area contributed by atoms with Crippen LogP contribution in [0.2, 0.25) is 0 Å². The van der Waals surface area contributed by atoms with Crippen molar-refractivity contribution in [2.75, 3.05) is 0 Å². The molecule has 1 unspecified atom stereocenters. The molecular formula is C19H25N3O. The molecule has 23 heavy (non-hydrogen) atoms. The standard InChI is InChI=1S/C19H25N3O/c1-14-6-5-11-19(3,4)17(14)8-7-15(2)21-22-18(23)16-9-12-20-13-10-16/h6-10,12-13,17H,5,11H2,1-4H3,(H,22,23)/b8-7+,21-15+. The summed E-state index contributed by atoms with van der Waals surface area (Å²) in [5.41, 5.74) is 5.57. The Morgan fingerprint density at radius 3 is 2.74 bits per heavy atom. The monoisotopic (exact) mass is 311 g/mol. The first-order chi connectivity index (χ1) is 10.9. The van der Waals surface area contributed by atoms with Gasteiger partial charge in [0.15, 0.2) is 0 Å². The van der Waals surface area contributed by atoms with E-state index in [2.05, 4.69) is 48.4 Å². The Labute approximate surface area is 138 Å². The summed E-state index contributed by atoms with van der Waals surface area (Å²) in [6, 6.07) is 3.32. The fourth-order valence-corrected chi connectivity index (χ4v) is 2.96. The van der Waals surface area contributed by atoms with Crippen LogP contribution in [0.3, 0.4) is 0 Å². The molecule has 1 aliphatic rings. The summed E-state index contributed by atoms with van der Waals surface area (Å²) in [4.78, 5) is 15.8. The number of carbonyl (C=O) groups is 1. The van der Waals surface area contributed by atoms with Gasteiger partial charge in [0.25, 0.3) is 5.91 Å². The number of aromatic nitrogens is 1. The number of hydrogen-bond donors (Lipinski definition) is 1. The molecule has 2 rings (SSSR count). The van der Waals surface area contributed by atoms with Gasteiger partial charge in [-0.15, -0.1) is 0 Å². The number of nitrogens with zero attached hydrogens (tertiary/aromatic N) is 2. The molecule has 0 spiro atoms. The third-order valence-corrected chi connectivity index (χ3v) is 4.39. The van der Waals surface area contributed by atoms with E-state index in [0.717, 1.165) is 12.1 Å². The second-order valence-electron chi connectivity index (χ2n) is 6.74. The molecule has 1 atom stereocenters. The van der Waals surface area contributed by atoms with Crippen molar-refractivity contribution in [1.82, 2.24) is 10.4 Å². The van der Waals surface area contributed by atoms with Crippen molar-refractivity contribution in [3.63, 3.8) is 0 Å². The quantitative estimate of drug-likeness (QED) is 0.516. The molecule has 1 aliphatic carbocycles. The van der Waals surface area contributed by atoms with Crippen molar-refractivity contribution >= 4 is 11.6 Å². The van der Waals surface area contributed by atoms with Gasteiger partial charge in [-0.3, -0.25) is 9.78 Å². The third kappa shape index (κ3) is 4.62. The van der Waals surface area contributed by atoms with Crippen LogP contribution in [0.5, 0.6) is 0 Å². The summed E-state index contributed by atoms with van der Waals surface area (Å²) in [6.07, 6.45) is 12.0. The van der Waals surface area contributed by atoms with E-state index in [1.54, 1.807) is 24.5 Å². The van der Waals surface area contributed by atoms with E-state index in [1.165, 1.54) is 12.0 Å². The van der Waals surface area contributed by atoms with Gasteiger partial charge in [-0.2, -0.15) is 5.10 Å². The van der Waals surface area contributed by atoms with Crippen LogP contribution in [0.1, 0.15) is 50.9 Å². The van der Waals surface area contributed by atoms with Crippen molar-refractivity contribution in [2.45, 2.75) is 40.5 Å². The zero-order valence-corrected chi connectivity index (χ0v) is 14.3. The van der Waals surface area contributed by atoms with Crippen molar-refractivity contribution in [3.05, 3.63) is 53.9 Å². The number of hydrazone groups is 1. The maximum Gasteiger partial charge on any atom is 0.271 e. The normalized spacial score (nSPS) is 21.1. The molecule has 1 aromatic rings. The number of carbonyl (C=O) groups excluding carboxylic acids is 1. The smallest absolute Gasteiger partial charge is 0.267 e. The molecule has 1 aromatic heterocycles. The summed E-state index contributed by atoms with van der Waals surface area (Å²) in [6.45, 7) is 8.68. The SMILES string of the molecule is CC1=CCCC(C)(C)C1/C=C/C(C)=N/NC(=O)c1ccncc1. The van der Waals surface area contributed by atoms with Crippen LogP contribution in [-0.4, -0.2) is 16.6 Å². The zero-order valence-electron chi connectivity index (χ0n) is 14.3. The van der Waals surface area contributed by atoms with Gasteiger partial charge in [0.2, 0.25) is 0 Å². The first kappa shape index (κ1) is 17.1. The predicted octanol–water partition coefficient (Wildman–Crippen LogP) is 4.13. The van der Waals surface area contributed by atoms with Crippen LogP contribution in [0.25, 0.3) is 0 Å². The molecule has 1 N–H and O–H groups in total. The minimum atomic E-state index is -0.228. The summed E-state index contributed by atoms with van der Waals surface area (Å²) < 4.78 is 0. The largest absolute Gasteiger partial charge is 0.271 e. The first-order valence-corrected chi connectivity index (χ1v) is 7.99. The fourth-order valence-electron chi connectivity index (χ4n) is 2.96. The predicted molar refractivity (Wildman–Crippen MR) is 94.2 cm³/mol. The number of pyridine rings is 1. The number of nitrogens with one attached hydrogen (secondary N) is 1. The van der Waals surface area contributed by atoms with E-state index in [9.17, 15) is 4.79 Å². The van der Waals surface area contributed by atoms with E-state index < -0.39 is 0 Å². The Hall–Kier alpha value is -2.23. The van der Waals surface area contributed by atoms with Crippen molar-refractivity contribution in [2.24, 2.45) is 16.4 Å². The lowest BCUT2D eigenvalue weighted by Gasteiger charge is -2.36. The van der Waals surface area contributed by atoms with E-state index in [4.69, 9.17) is 0 Å². The topological polar surface area (TPSA) is 54.4 Å². The van der Waals surface area contributed by atoms with Gasteiger partial charge in [0.05, 0.1) is 5.71 Å². The van der Waals surface area contributed by atoms with Gasteiger partial charge >= 0.3 is 0 Å². The molecular weight excluding hydrogens is 286 g/mol. The molecule has 0 aliphatic heterocycles. The van der Waals surface area contributed by atoms with E-state index in [0.29, 0.717) is 11.5 Å². The summed E-state index contributed by atoms with van der Waals surface area (Å²) in [7, 11) is 0. The number of rotatable bonds is 4. The van der Waals surface area contributed by atoms with Crippen molar-refractivity contribution < 1.29 is 4.79 Å². The first-order valence-electron chi connectivity index (χ1n) is 7.99. The Morgan fingerprint density at radius 1 is 1.39 bits per heavy atom. The van der Waals surface area contributed by atoms with Gasteiger partial charge in [0, 0.05) is 23.9 Å². The third-order valence-electron chi connectivity index (χ3n) is 4.39. The minimum absolute atomic E-state index is 0.228. The van der Waals surface area contributed by atoms with Crippen LogP contribution in [0, 0.1) is 11.3 Å². The van der Waals surface area contributed by atoms with Gasteiger partial charge in [-0.1, -0.05) is 31.6 Å². The van der Waals surface area contributed by atoms with Crippen molar-refractivity contribution in [3.8, 4) is 0 Å². The summed E-state index contributed by atoms with van der Waals surface area (Å²) in [5.74, 6) is 0.187. The minimum Gasteiger partial charge on any atom is -0.267 e. The van der Waals surface area contributed by atoms with Gasteiger partial charge in [-0.25, -0.2) is 5.43 Å². The lowest BCUT2D eigenvalue weighted by atomic mass is 9.68. The molecule has 4 nitrogen and oxygen atoms in total. The number of hydrogen-bond acceptors (Lipinski definition) is 3. The lowest BCUT2D eigenvalue weighted by molar-refractivity contribution is 0.0954. The molecule has 1 amide bonds. The van der Waals surface area contributed by atoms with Crippen LogP contribution >= 0.6 is 0 Å². The maximum absolute atomic E-state index is 11.9. The van der Waals surface area contributed by atoms with E-state index in [1.807, 2.05) is 13.0 Å². The molecule has 4 heteroatoms. The average Bonchev–Trinajstić information content (AvgIpc) is 2.52. The summed E-state index contributed by atoms with van der Waals surface area (Å²) >= 11 is 0. The van der Waals surface area contributed by atoms with E-state index in [-0.39, 0.29) is 11.3 Å². The molecule has 0 aromatic carbocycles. The highest BCUT2D eigenvalue weighted by atomic mass is 16.2. The van der Waals surface area contributed by atoms with Crippen LogP contribution in [0.15, 0.2) is 53.4 Å². The van der Waals surface area contributed by atoms with Crippen molar-refractivity contribution in [1.29, 1.82) is 0 Å². The highest BCUT2D eigenvalue weighted by Crippen LogP contribution is 2.41. The fraction of sp³-hybridized carbons (Fsp3) is 0.421. The highest BCUT2D eigenvalue weighted by molar-refractivity contribution is 5.97. The Morgan fingerprint density at radius 2 is 2.09 bits per heavy atom. The highest BCUT2D eigenvalue weighted by Gasteiger charge is 2.30. The molecule has 0 saturated heterocycles. The number of allylic oxidation sites excluding steroid dienone is 4. The second kappa shape index (κ2) is 7.36. The molecule has 122 valence electrons. The Bertz CT molecular complexity index is 642. The van der Waals surface area contributed by atoms with Gasteiger partial charge < -0.3 is 0 Å². The Balaban J connectivity index is 2.00. The Kier molecular flexibility index (Phi) is 5.48. The van der Waals surface area contributed by atoms with E-state index >= 15 is 0 Å². The molecule has 0 saturated carbocycles. The van der Waals surface area contributed by atoms with Crippen LogP contribution in [0.4, 0.5) is 0 Å². The zero-order chi connectivity index (χ0) is 16.9. The molecule has 1 heterocycles. The van der Waals surface area contributed by atoms with Crippen LogP contribution in [-0.2, 0) is 0 Å².